The number of alkyl carbamates (subject to hydrolysis) is 1. The summed E-state index contributed by atoms with van der Waals surface area (Å²) < 4.78 is 24.0. The number of amides is 4. The number of cyclic esters (lactones) is 1. The first-order valence-electron chi connectivity index (χ1n) is 15.5. The second-order valence-electron chi connectivity index (χ2n) is 12.0. The monoisotopic (exact) mass is 636 g/mol. The molecule has 46 heavy (non-hydrogen) atoms. The van der Waals surface area contributed by atoms with Gasteiger partial charge in [0.2, 0.25) is 17.7 Å². The van der Waals surface area contributed by atoms with E-state index in [0.29, 0.717) is 30.5 Å². The Bertz CT molecular complexity index is 1410. The lowest BCUT2D eigenvalue weighted by Crippen LogP contribution is -2.55. The molecule has 2 saturated heterocycles. The number of carbonyl (C=O) groups excluding carboxylic acids is 5. The van der Waals surface area contributed by atoms with E-state index in [1.807, 2.05) is 32.0 Å². The van der Waals surface area contributed by atoms with Crippen molar-refractivity contribution in [1.29, 1.82) is 0 Å². The van der Waals surface area contributed by atoms with Crippen LogP contribution < -0.4 is 21.3 Å². The number of benzene rings is 2. The highest BCUT2D eigenvalue weighted by Crippen LogP contribution is 2.21. The van der Waals surface area contributed by atoms with E-state index in [-0.39, 0.29) is 50.2 Å². The molecular formula is C34H41FN4O7. The number of hydrogen-bond acceptors (Lipinski definition) is 7. The molecule has 11 nitrogen and oxygen atoms in total. The molecule has 0 aliphatic carbocycles. The normalized spacial score (nSPS) is 18.8. The number of carbonyl (C=O) groups is 5. The van der Waals surface area contributed by atoms with Gasteiger partial charge in [-0.2, -0.15) is 0 Å². The summed E-state index contributed by atoms with van der Waals surface area (Å²) >= 11 is 0. The summed E-state index contributed by atoms with van der Waals surface area (Å²) in [5, 5.41) is 11.1. The number of halogens is 1. The van der Waals surface area contributed by atoms with Crippen LogP contribution in [0, 0.1) is 17.7 Å². The quantitative estimate of drug-likeness (QED) is 0.184. The van der Waals surface area contributed by atoms with Crippen LogP contribution in [0.2, 0.25) is 0 Å². The van der Waals surface area contributed by atoms with E-state index in [0.717, 1.165) is 5.56 Å². The van der Waals surface area contributed by atoms with Crippen LogP contribution in [0.4, 0.5) is 9.18 Å². The van der Waals surface area contributed by atoms with Gasteiger partial charge in [-0.1, -0.05) is 62.4 Å². The van der Waals surface area contributed by atoms with Gasteiger partial charge in [0.1, 0.15) is 24.5 Å². The Hall–Kier alpha value is -4.74. The average Bonchev–Trinajstić information content (AvgIpc) is 3.63. The van der Waals surface area contributed by atoms with Gasteiger partial charge in [-0.25, -0.2) is 14.0 Å². The van der Waals surface area contributed by atoms with Crippen molar-refractivity contribution < 1.29 is 37.8 Å². The smallest absolute Gasteiger partial charge is 0.408 e. The Kier molecular flexibility index (Phi) is 12.3. The Morgan fingerprint density at radius 2 is 1.70 bits per heavy atom. The lowest BCUT2D eigenvalue weighted by Gasteiger charge is -2.26. The van der Waals surface area contributed by atoms with Crippen molar-refractivity contribution in [2.75, 3.05) is 13.2 Å². The Balaban J connectivity index is 1.49. The average molecular weight is 637 g/mol. The minimum atomic E-state index is -1.15. The van der Waals surface area contributed by atoms with Gasteiger partial charge >= 0.3 is 12.1 Å². The van der Waals surface area contributed by atoms with E-state index >= 15 is 0 Å². The van der Waals surface area contributed by atoms with Crippen LogP contribution in [-0.4, -0.2) is 61.1 Å². The molecule has 4 N–H and O–H groups in total. The van der Waals surface area contributed by atoms with Crippen molar-refractivity contribution in [3.05, 3.63) is 83.2 Å². The number of esters is 1. The zero-order valence-electron chi connectivity index (χ0n) is 26.1. The van der Waals surface area contributed by atoms with Crippen LogP contribution in [0.3, 0.4) is 0 Å². The van der Waals surface area contributed by atoms with Crippen LogP contribution in [-0.2, 0) is 41.7 Å². The SMILES string of the molecule is CC(C)C[C@H](NC(=O)[C@H](Cc1ccc(F)cc1)NC(=O)OCc1ccccc1)C(=O)N[C@H](/C=C1\CCOC1=O)C[C@@H]1CCNC1=O. The fraction of sp³-hybridized carbons (Fsp3) is 0.441. The van der Waals surface area contributed by atoms with Gasteiger partial charge in [0, 0.05) is 36.9 Å². The third-order valence-electron chi connectivity index (χ3n) is 7.81. The van der Waals surface area contributed by atoms with Crippen LogP contribution in [0.1, 0.15) is 50.7 Å². The number of ether oxygens (including phenoxy) is 2. The van der Waals surface area contributed by atoms with Crippen molar-refractivity contribution in [3.8, 4) is 0 Å². The maximum Gasteiger partial charge on any atom is 0.408 e. The fourth-order valence-corrected chi connectivity index (χ4v) is 5.42. The predicted octanol–water partition coefficient (Wildman–Crippen LogP) is 3.08. The molecule has 2 aromatic carbocycles. The minimum absolute atomic E-state index is 0.00220. The molecule has 0 radical (unpaired) electrons. The lowest BCUT2D eigenvalue weighted by molar-refractivity contribution is -0.135. The van der Waals surface area contributed by atoms with Gasteiger partial charge in [-0.15, -0.1) is 0 Å². The van der Waals surface area contributed by atoms with Crippen molar-refractivity contribution in [3.63, 3.8) is 0 Å². The first kappa shape index (κ1) is 34.1. The predicted molar refractivity (Wildman–Crippen MR) is 166 cm³/mol. The molecule has 0 unspecified atom stereocenters. The minimum Gasteiger partial charge on any atom is -0.462 e. The molecule has 2 aliphatic heterocycles. The molecular weight excluding hydrogens is 595 g/mol. The molecule has 0 spiro atoms. The van der Waals surface area contributed by atoms with Gasteiger partial charge < -0.3 is 30.7 Å². The van der Waals surface area contributed by atoms with Crippen LogP contribution >= 0.6 is 0 Å². The van der Waals surface area contributed by atoms with E-state index in [2.05, 4.69) is 21.3 Å². The van der Waals surface area contributed by atoms with Crippen molar-refractivity contribution in [2.45, 2.75) is 70.7 Å². The standard InChI is InChI=1S/C34H41FN4O7/c1-21(2)16-28(31(41)37-27(18-24-12-14-36-30(24)40)19-25-13-15-45-33(25)43)38-32(42)29(17-22-8-10-26(35)11-9-22)39-34(44)46-20-23-6-4-3-5-7-23/h3-11,19,21,24,27-29H,12-18,20H2,1-2H3,(H,36,40)(H,37,41)(H,38,42)(H,39,44)/b25-19+/t24-,27-,28-,29-/m0/s1. The second kappa shape index (κ2) is 16.5. The number of rotatable bonds is 14. The van der Waals surface area contributed by atoms with Crippen molar-refractivity contribution >= 4 is 29.8 Å². The van der Waals surface area contributed by atoms with E-state index < -0.39 is 47.8 Å². The van der Waals surface area contributed by atoms with Crippen molar-refractivity contribution in [2.24, 2.45) is 11.8 Å². The second-order valence-corrected chi connectivity index (χ2v) is 12.0. The third-order valence-corrected chi connectivity index (χ3v) is 7.81. The molecule has 4 amide bonds. The summed E-state index contributed by atoms with van der Waals surface area (Å²) in [5.74, 6) is -2.50. The first-order valence-corrected chi connectivity index (χ1v) is 15.5. The van der Waals surface area contributed by atoms with Gasteiger partial charge in [0.05, 0.1) is 6.61 Å². The Morgan fingerprint density at radius 1 is 0.978 bits per heavy atom. The summed E-state index contributed by atoms with van der Waals surface area (Å²) in [7, 11) is 0. The Labute approximate surface area is 267 Å². The largest absolute Gasteiger partial charge is 0.462 e. The van der Waals surface area contributed by atoms with E-state index in [1.54, 1.807) is 18.2 Å². The summed E-state index contributed by atoms with van der Waals surface area (Å²) in [5.41, 5.74) is 1.77. The van der Waals surface area contributed by atoms with Gasteiger partial charge in [0.25, 0.3) is 0 Å². The molecule has 2 fully saturated rings. The van der Waals surface area contributed by atoms with Gasteiger partial charge in [-0.3, -0.25) is 14.4 Å². The van der Waals surface area contributed by atoms with E-state index in [1.165, 1.54) is 24.3 Å². The highest BCUT2D eigenvalue weighted by molar-refractivity contribution is 5.92. The summed E-state index contributed by atoms with van der Waals surface area (Å²) in [6.07, 6.45) is 2.35. The maximum atomic E-state index is 13.7. The highest BCUT2D eigenvalue weighted by atomic mass is 19.1. The Morgan fingerprint density at radius 3 is 2.33 bits per heavy atom. The summed E-state index contributed by atoms with van der Waals surface area (Å²) in [6.45, 7) is 4.57. The fourth-order valence-electron chi connectivity index (χ4n) is 5.42. The summed E-state index contributed by atoms with van der Waals surface area (Å²) in [4.78, 5) is 64.7. The molecule has 246 valence electrons. The molecule has 0 bridgehead atoms. The molecule has 0 saturated carbocycles. The van der Waals surface area contributed by atoms with Crippen LogP contribution in [0.15, 0.2) is 66.2 Å². The molecule has 2 aliphatic rings. The summed E-state index contributed by atoms with van der Waals surface area (Å²) in [6, 6.07) is 11.8. The number of nitrogens with one attached hydrogen (secondary N) is 4. The lowest BCUT2D eigenvalue weighted by atomic mass is 9.95. The molecule has 2 heterocycles. The van der Waals surface area contributed by atoms with E-state index in [4.69, 9.17) is 9.47 Å². The van der Waals surface area contributed by atoms with Crippen molar-refractivity contribution in [1.82, 2.24) is 21.3 Å². The zero-order chi connectivity index (χ0) is 33.1. The van der Waals surface area contributed by atoms with Crippen LogP contribution in [0.5, 0.6) is 0 Å². The highest BCUT2D eigenvalue weighted by Gasteiger charge is 2.32. The van der Waals surface area contributed by atoms with E-state index in [9.17, 15) is 28.4 Å². The molecule has 4 atom stereocenters. The topological polar surface area (TPSA) is 152 Å². The molecule has 2 aromatic rings. The molecule has 4 rings (SSSR count). The van der Waals surface area contributed by atoms with Gasteiger partial charge in [-0.05, 0) is 48.4 Å². The maximum absolute atomic E-state index is 13.7. The molecule has 12 heteroatoms. The first-order chi connectivity index (χ1) is 22.1. The molecule has 0 aromatic heterocycles. The zero-order valence-corrected chi connectivity index (χ0v) is 26.1. The number of hydrogen-bond donors (Lipinski definition) is 4. The third kappa shape index (κ3) is 10.4. The van der Waals surface area contributed by atoms with Crippen LogP contribution in [0.25, 0.3) is 0 Å². The van der Waals surface area contributed by atoms with Gasteiger partial charge in [0.15, 0.2) is 0 Å².